The largest absolute Gasteiger partial charge is 0.480 e. The smallest absolute Gasteiger partial charge is 0.322 e. The van der Waals surface area contributed by atoms with Crippen LogP contribution in [0.15, 0.2) is 18.2 Å². The molecule has 7 nitrogen and oxygen atoms in total. The average molecular weight is 211 g/mol. The molecule has 0 saturated heterocycles. The van der Waals surface area contributed by atoms with Crippen molar-refractivity contribution in [2.75, 3.05) is 17.6 Å². The maximum atomic E-state index is 10.4. The molecule has 0 atom stereocenters. The number of rotatable bonds is 4. The summed E-state index contributed by atoms with van der Waals surface area (Å²) in [5, 5.41) is 21.3. The van der Waals surface area contributed by atoms with Crippen molar-refractivity contribution in [3.8, 4) is 0 Å². The SMILES string of the molecule is Nc1cc([N+](=O)[O-])ccc1NCC(=O)O. The number of hydrogen-bond donors (Lipinski definition) is 3. The van der Waals surface area contributed by atoms with Gasteiger partial charge in [0, 0.05) is 12.1 Å². The summed E-state index contributed by atoms with van der Waals surface area (Å²) in [7, 11) is 0. The van der Waals surface area contributed by atoms with Crippen molar-refractivity contribution in [2.45, 2.75) is 0 Å². The second-order valence-corrected chi connectivity index (χ2v) is 2.78. The van der Waals surface area contributed by atoms with E-state index in [0.717, 1.165) is 0 Å². The number of nitrogens with one attached hydrogen (secondary N) is 1. The zero-order valence-corrected chi connectivity index (χ0v) is 7.64. The zero-order valence-electron chi connectivity index (χ0n) is 7.64. The summed E-state index contributed by atoms with van der Waals surface area (Å²) in [5.41, 5.74) is 5.86. The second-order valence-electron chi connectivity index (χ2n) is 2.78. The van der Waals surface area contributed by atoms with Crippen molar-refractivity contribution >= 4 is 23.0 Å². The summed E-state index contributed by atoms with van der Waals surface area (Å²) in [5.74, 6) is -1.03. The van der Waals surface area contributed by atoms with Crippen LogP contribution in [0, 0.1) is 10.1 Å². The molecule has 1 rings (SSSR count). The summed E-state index contributed by atoms with van der Waals surface area (Å²) in [4.78, 5) is 20.0. The highest BCUT2D eigenvalue weighted by molar-refractivity contribution is 5.76. The summed E-state index contributed by atoms with van der Waals surface area (Å²) in [6.45, 7) is -0.290. The Kier molecular flexibility index (Phi) is 3.06. The Morgan fingerprint density at radius 2 is 2.27 bits per heavy atom. The predicted molar refractivity (Wildman–Crippen MR) is 53.6 cm³/mol. The van der Waals surface area contributed by atoms with Gasteiger partial charge in [0.25, 0.3) is 5.69 Å². The molecule has 1 aromatic carbocycles. The molecular formula is C8H9N3O4. The maximum absolute atomic E-state index is 10.4. The van der Waals surface area contributed by atoms with Gasteiger partial charge in [0.1, 0.15) is 6.54 Å². The third kappa shape index (κ3) is 2.83. The van der Waals surface area contributed by atoms with Gasteiger partial charge in [0.15, 0.2) is 0 Å². The summed E-state index contributed by atoms with van der Waals surface area (Å²) >= 11 is 0. The number of aliphatic carboxylic acids is 1. The van der Waals surface area contributed by atoms with Crippen molar-refractivity contribution in [3.63, 3.8) is 0 Å². The Bertz CT molecular complexity index is 405. The summed E-state index contributed by atoms with van der Waals surface area (Å²) in [6, 6.07) is 3.79. The number of nitrogens with zero attached hydrogens (tertiary/aromatic N) is 1. The van der Waals surface area contributed by atoms with E-state index in [-0.39, 0.29) is 17.9 Å². The fourth-order valence-electron chi connectivity index (χ4n) is 0.996. The minimum atomic E-state index is -1.03. The molecule has 0 saturated carbocycles. The Hall–Kier alpha value is -2.31. The number of nitro groups is 1. The average Bonchev–Trinajstić information content (AvgIpc) is 2.15. The van der Waals surface area contributed by atoms with E-state index >= 15 is 0 Å². The first-order valence-electron chi connectivity index (χ1n) is 4.00. The van der Waals surface area contributed by atoms with Crippen LogP contribution in [0.4, 0.5) is 17.1 Å². The molecule has 1 aromatic rings. The molecule has 0 radical (unpaired) electrons. The number of benzene rings is 1. The van der Waals surface area contributed by atoms with Crippen molar-refractivity contribution in [3.05, 3.63) is 28.3 Å². The van der Waals surface area contributed by atoms with Gasteiger partial charge in [-0.05, 0) is 6.07 Å². The number of nitrogen functional groups attached to an aromatic ring is 1. The first kappa shape index (κ1) is 10.8. The van der Waals surface area contributed by atoms with Crippen LogP contribution in [0.25, 0.3) is 0 Å². The number of carbonyl (C=O) groups is 1. The molecule has 0 heterocycles. The normalized spacial score (nSPS) is 9.60. The summed E-state index contributed by atoms with van der Waals surface area (Å²) in [6.07, 6.45) is 0. The Morgan fingerprint density at radius 1 is 1.60 bits per heavy atom. The van der Waals surface area contributed by atoms with Crippen molar-refractivity contribution in [2.24, 2.45) is 0 Å². The van der Waals surface area contributed by atoms with E-state index in [9.17, 15) is 14.9 Å². The van der Waals surface area contributed by atoms with E-state index in [1.54, 1.807) is 0 Å². The molecule has 15 heavy (non-hydrogen) atoms. The molecular weight excluding hydrogens is 202 g/mol. The van der Waals surface area contributed by atoms with Gasteiger partial charge in [-0.25, -0.2) is 0 Å². The maximum Gasteiger partial charge on any atom is 0.322 e. The number of carboxylic acids is 1. The fraction of sp³-hybridized carbons (Fsp3) is 0.125. The van der Waals surface area contributed by atoms with Gasteiger partial charge in [-0.2, -0.15) is 0 Å². The van der Waals surface area contributed by atoms with Gasteiger partial charge >= 0.3 is 5.97 Å². The van der Waals surface area contributed by atoms with E-state index in [2.05, 4.69) is 5.32 Å². The van der Waals surface area contributed by atoms with E-state index < -0.39 is 10.9 Å². The van der Waals surface area contributed by atoms with Gasteiger partial charge in [0.05, 0.1) is 16.3 Å². The van der Waals surface area contributed by atoms with Gasteiger partial charge in [-0.1, -0.05) is 0 Å². The zero-order chi connectivity index (χ0) is 11.4. The molecule has 0 aliphatic heterocycles. The molecule has 0 aliphatic rings. The fourth-order valence-corrected chi connectivity index (χ4v) is 0.996. The molecule has 4 N–H and O–H groups in total. The molecule has 0 aliphatic carbocycles. The van der Waals surface area contributed by atoms with Crippen LogP contribution < -0.4 is 11.1 Å². The number of non-ortho nitro benzene ring substituents is 1. The van der Waals surface area contributed by atoms with E-state index in [1.807, 2.05) is 0 Å². The monoisotopic (exact) mass is 211 g/mol. The predicted octanol–water partition coefficient (Wildman–Crippen LogP) is 0.673. The van der Waals surface area contributed by atoms with Crippen LogP contribution in [-0.2, 0) is 4.79 Å². The summed E-state index contributed by atoms with van der Waals surface area (Å²) < 4.78 is 0. The van der Waals surface area contributed by atoms with Gasteiger partial charge in [-0.15, -0.1) is 0 Å². The van der Waals surface area contributed by atoms with Gasteiger partial charge in [0.2, 0.25) is 0 Å². The molecule has 0 spiro atoms. The van der Waals surface area contributed by atoms with E-state index in [4.69, 9.17) is 10.8 Å². The molecule has 0 fully saturated rings. The molecule has 80 valence electrons. The number of nitro benzene ring substituents is 1. The van der Waals surface area contributed by atoms with Crippen LogP contribution in [-0.4, -0.2) is 22.5 Å². The standard InChI is InChI=1S/C8H9N3O4/c9-6-3-5(11(14)15)1-2-7(6)10-4-8(12)13/h1-3,10H,4,9H2,(H,12,13). The molecule has 0 aromatic heterocycles. The van der Waals surface area contributed by atoms with Crippen LogP contribution in [0.1, 0.15) is 0 Å². The topological polar surface area (TPSA) is 118 Å². The van der Waals surface area contributed by atoms with Crippen LogP contribution in [0.5, 0.6) is 0 Å². The van der Waals surface area contributed by atoms with Gasteiger partial charge < -0.3 is 16.2 Å². The molecule has 0 bridgehead atoms. The third-order valence-corrected chi connectivity index (χ3v) is 1.68. The minimum Gasteiger partial charge on any atom is -0.480 e. The van der Waals surface area contributed by atoms with Crippen molar-refractivity contribution in [1.82, 2.24) is 0 Å². The minimum absolute atomic E-state index is 0.131. The van der Waals surface area contributed by atoms with Crippen LogP contribution in [0.3, 0.4) is 0 Å². The highest BCUT2D eigenvalue weighted by Gasteiger charge is 2.08. The highest BCUT2D eigenvalue weighted by atomic mass is 16.6. The van der Waals surface area contributed by atoms with Crippen molar-refractivity contribution < 1.29 is 14.8 Å². The lowest BCUT2D eigenvalue weighted by atomic mass is 10.2. The first-order valence-corrected chi connectivity index (χ1v) is 4.00. The lowest BCUT2D eigenvalue weighted by molar-refractivity contribution is -0.384. The Labute approximate surface area is 84.7 Å². The molecule has 0 amide bonds. The Balaban J connectivity index is 2.83. The first-order chi connectivity index (χ1) is 7.00. The van der Waals surface area contributed by atoms with E-state index in [1.165, 1.54) is 18.2 Å². The second kappa shape index (κ2) is 4.27. The number of carboxylic acid groups (broad SMARTS) is 1. The quantitative estimate of drug-likeness (QED) is 0.382. The van der Waals surface area contributed by atoms with Gasteiger partial charge in [-0.3, -0.25) is 14.9 Å². The number of hydrogen-bond acceptors (Lipinski definition) is 5. The number of nitrogens with two attached hydrogens (primary N) is 1. The molecule has 7 heteroatoms. The number of anilines is 2. The van der Waals surface area contributed by atoms with Crippen LogP contribution in [0.2, 0.25) is 0 Å². The molecule has 0 unspecified atom stereocenters. The lowest BCUT2D eigenvalue weighted by Crippen LogP contribution is -2.13. The highest BCUT2D eigenvalue weighted by Crippen LogP contribution is 2.23. The third-order valence-electron chi connectivity index (χ3n) is 1.68. The van der Waals surface area contributed by atoms with E-state index in [0.29, 0.717) is 5.69 Å². The van der Waals surface area contributed by atoms with Crippen LogP contribution >= 0.6 is 0 Å². The van der Waals surface area contributed by atoms with Crippen molar-refractivity contribution in [1.29, 1.82) is 0 Å². The lowest BCUT2D eigenvalue weighted by Gasteiger charge is -2.06. The Morgan fingerprint density at radius 3 is 2.73 bits per heavy atom.